The van der Waals surface area contributed by atoms with E-state index in [2.05, 4.69) is 13.8 Å². The smallest absolute Gasteiger partial charge is 0.108 e. The third-order valence-corrected chi connectivity index (χ3v) is 8.03. The fourth-order valence-corrected chi connectivity index (χ4v) is 5.37. The van der Waals surface area contributed by atoms with Crippen molar-refractivity contribution < 1.29 is 36.3 Å². The van der Waals surface area contributed by atoms with Crippen LogP contribution in [0.5, 0.6) is 0 Å². The van der Waals surface area contributed by atoms with Crippen molar-refractivity contribution in [3.63, 3.8) is 0 Å². The van der Waals surface area contributed by atoms with E-state index in [1.165, 1.54) is 148 Å². The minimum absolute atomic E-state index is 0. The molecule has 0 radical (unpaired) electrons. The second kappa shape index (κ2) is 33.8. The Morgan fingerprint density at radius 2 is 0.850 bits per heavy atom. The highest BCUT2D eigenvalue weighted by Crippen LogP contribution is 2.14. The van der Waals surface area contributed by atoms with Crippen LogP contribution in [-0.4, -0.2) is 56.4 Å². The van der Waals surface area contributed by atoms with E-state index in [9.17, 15) is 5.21 Å². The molecular weight excluding hydrogens is 562 g/mol. The Hall–Kier alpha value is 0.320. The molecule has 5 heteroatoms. The third-order valence-electron chi connectivity index (χ3n) is 8.03. The fourth-order valence-electron chi connectivity index (χ4n) is 5.37. The van der Waals surface area contributed by atoms with Crippen molar-refractivity contribution >= 4 is 0 Å². The standard InChI is InChI=1S/C35H74NO3.BrH/c1-5-7-9-11-13-15-17-19-21-23-25-27-32-38-34-35(30-29-31-36(3,4)37)39-33-28-26-24-22-20-18-16-14-12-10-8-6-2;/h35,37H,5-34H2,1-4H3;1H/q+1;/p-1. The van der Waals surface area contributed by atoms with E-state index in [1.807, 2.05) is 14.1 Å². The summed E-state index contributed by atoms with van der Waals surface area (Å²) < 4.78 is 12.3. The number of hydrogen-bond acceptors (Lipinski definition) is 3. The van der Waals surface area contributed by atoms with Gasteiger partial charge in [-0.25, -0.2) is 5.21 Å². The molecule has 0 spiro atoms. The van der Waals surface area contributed by atoms with Crippen molar-refractivity contribution in [1.82, 2.24) is 0 Å². The van der Waals surface area contributed by atoms with Crippen molar-refractivity contribution in [2.45, 2.75) is 187 Å². The topological polar surface area (TPSA) is 38.7 Å². The number of quaternary nitrogens is 1. The number of halogens is 1. The van der Waals surface area contributed by atoms with Crippen LogP contribution in [0.3, 0.4) is 0 Å². The summed E-state index contributed by atoms with van der Waals surface area (Å²) in [7, 11) is 3.68. The van der Waals surface area contributed by atoms with Crippen LogP contribution in [0.4, 0.5) is 0 Å². The first kappa shape index (κ1) is 42.5. The minimum atomic E-state index is 0. The highest BCUT2D eigenvalue weighted by atomic mass is 79.9. The van der Waals surface area contributed by atoms with Crippen molar-refractivity contribution in [3.8, 4) is 0 Å². The van der Waals surface area contributed by atoms with E-state index in [4.69, 9.17) is 9.47 Å². The normalized spacial score (nSPS) is 12.5. The van der Waals surface area contributed by atoms with E-state index < -0.39 is 0 Å². The number of rotatable bonds is 33. The van der Waals surface area contributed by atoms with Gasteiger partial charge in [0.1, 0.15) is 6.54 Å². The van der Waals surface area contributed by atoms with Crippen LogP contribution >= 0.6 is 0 Å². The molecule has 0 aromatic heterocycles. The Labute approximate surface area is 263 Å². The molecular formula is C35H74BrNO3. The maximum Gasteiger partial charge on any atom is 0.108 e. The van der Waals surface area contributed by atoms with Crippen LogP contribution < -0.4 is 17.0 Å². The van der Waals surface area contributed by atoms with Crippen molar-refractivity contribution in [2.24, 2.45) is 0 Å². The average molecular weight is 637 g/mol. The first-order chi connectivity index (χ1) is 19.0. The summed E-state index contributed by atoms with van der Waals surface area (Å²) in [4.78, 5) is 0. The van der Waals surface area contributed by atoms with Gasteiger partial charge >= 0.3 is 0 Å². The first-order valence-corrected chi connectivity index (χ1v) is 17.7. The first-order valence-electron chi connectivity index (χ1n) is 17.7. The van der Waals surface area contributed by atoms with Gasteiger partial charge in [0.25, 0.3) is 0 Å². The zero-order valence-electron chi connectivity index (χ0n) is 27.9. The van der Waals surface area contributed by atoms with E-state index in [0.29, 0.717) is 6.61 Å². The van der Waals surface area contributed by atoms with Gasteiger partial charge in [-0.1, -0.05) is 155 Å². The fraction of sp³-hybridized carbons (Fsp3) is 1.00. The average Bonchev–Trinajstić information content (AvgIpc) is 2.90. The van der Waals surface area contributed by atoms with Crippen molar-refractivity contribution in [2.75, 3.05) is 40.5 Å². The SMILES string of the molecule is CCCCCCCCCCCCCCOCC(CCC[N+](C)(C)O)OCCCCCCCCCCCCCC.[Br-]. The van der Waals surface area contributed by atoms with E-state index in [0.717, 1.165) is 39.0 Å². The minimum Gasteiger partial charge on any atom is -1.00 e. The molecule has 0 saturated carbocycles. The number of hydrogen-bond donors (Lipinski definition) is 1. The zero-order chi connectivity index (χ0) is 28.7. The second-order valence-corrected chi connectivity index (χ2v) is 12.8. The van der Waals surface area contributed by atoms with E-state index in [-0.39, 0.29) is 27.7 Å². The molecule has 0 rings (SSSR count). The summed E-state index contributed by atoms with van der Waals surface area (Å²) >= 11 is 0. The van der Waals surface area contributed by atoms with Gasteiger partial charge < -0.3 is 26.5 Å². The lowest BCUT2D eigenvalue weighted by Crippen LogP contribution is -3.00. The molecule has 1 atom stereocenters. The zero-order valence-corrected chi connectivity index (χ0v) is 29.5. The number of ether oxygens (including phenoxy) is 2. The van der Waals surface area contributed by atoms with Crippen molar-refractivity contribution in [1.29, 1.82) is 0 Å². The van der Waals surface area contributed by atoms with Crippen LogP contribution in [0.1, 0.15) is 181 Å². The van der Waals surface area contributed by atoms with E-state index >= 15 is 0 Å². The molecule has 0 aliphatic heterocycles. The molecule has 4 nitrogen and oxygen atoms in total. The molecule has 0 amide bonds. The molecule has 0 aromatic carbocycles. The Balaban J connectivity index is 0. The number of hydroxylamine groups is 3. The predicted octanol–water partition coefficient (Wildman–Crippen LogP) is 8.04. The maximum absolute atomic E-state index is 10.0. The maximum atomic E-state index is 10.0. The molecule has 0 fully saturated rings. The lowest BCUT2D eigenvalue weighted by atomic mass is 10.1. The van der Waals surface area contributed by atoms with Gasteiger partial charge in [0.15, 0.2) is 0 Å². The van der Waals surface area contributed by atoms with Crippen LogP contribution in [0.2, 0.25) is 0 Å². The quantitative estimate of drug-likeness (QED) is 0.0450. The Kier molecular flexibility index (Phi) is 35.9. The molecule has 0 aliphatic rings. The third kappa shape index (κ3) is 36.3. The molecule has 40 heavy (non-hydrogen) atoms. The van der Waals surface area contributed by atoms with Gasteiger partial charge in [0, 0.05) is 19.6 Å². The molecule has 0 saturated heterocycles. The summed E-state index contributed by atoms with van der Waals surface area (Å²) in [6.45, 7) is 7.75. The van der Waals surface area contributed by atoms with Crippen LogP contribution in [0.15, 0.2) is 0 Å². The molecule has 1 unspecified atom stereocenters. The summed E-state index contributed by atoms with van der Waals surface area (Å²) in [5, 5.41) is 10.0. The summed E-state index contributed by atoms with van der Waals surface area (Å²) in [6, 6.07) is 0. The molecule has 1 N–H and O–H groups in total. The molecule has 0 aliphatic carbocycles. The summed E-state index contributed by atoms with van der Waals surface area (Å²) in [5.74, 6) is 0. The van der Waals surface area contributed by atoms with Gasteiger partial charge in [-0.2, -0.15) is 4.65 Å². The van der Waals surface area contributed by atoms with Gasteiger partial charge in [-0.3, -0.25) is 0 Å². The Morgan fingerprint density at radius 3 is 1.23 bits per heavy atom. The monoisotopic (exact) mass is 635 g/mol. The highest BCUT2D eigenvalue weighted by Gasteiger charge is 2.15. The van der Waals surface area contributed by atoms with Gasteiger partial charge in [-0.15, -0.1) is 0 Å². The van der Waals surface area contributed by atoms with Crippen LogP contribution in [-0.2, 0) is 9.47 Å². The number of nitrogens with zero attached hydrogens (tertiary/aromatic N) is 1. The molecule has 0 aromatic rings. The van der Waals surface area contributed by atoms with Crippen LogP contribution in [0.25, 0.3) is 0 Å². The largest absolute Gasteiger partial charge is 1.00 e. The Bertz CT molecular complexity index is 458. The molecule has 0 heterocycles. The number of unbranched alkanes of at least 4 members (excludes halogenated alkanes) is 22. The van der Waals surface area contributed by atoms with E-state index in [1.54, 1.807) is 0 Å². The summed E-state index contributed by atoms with van der Waals surface area (Å²) in [5.41, 5.74) is 0. The van der Waals surface area contributed by atoms with Crippen LogP contribution in [0, 0.1) is 0 Å². The highest BCUT2D eigenvalue weighted by molar-refractivity contribution is 4.59. The molecule has 0 bridgehead atoms. The summed E-state index contributed by atoms with van der Waals surface area (Å²) in [6.07, 6.45) is 35.1. The predicted molar refractivity (Wildman–Crippen MR) is 171 cm³/mol. The van der Waals surface area contributed by atoms with Gasteiger partial charge in [0.05, 0.1) is 26.8 Å². The second-order valence-electron chi connectivity index (χ2n) is 12.8. The van der Waals surface area contributed by atoms with Crippen molar-refractivity contribution in [3.05, 3.63) is 0 Å². The lowest BCUT2D eigenvalue weighted by Gasteiger charge is -2.22. The van der Waals surface area contributed by atoms with Gasteiger partial charge in [-0.05, 0) is 19.3 Å². The molecule has 244 valence electrons. The Morgan fingerprint density at radius 1 is 0.500 bits per heavy atom. The van der Waals surface area contributed by atoms with Gasteiger partial charge in [0.2, 0.25) is 0 Å². The lowest BCUT2D eigenvalue weighted by molar-refractivity contribution is -1.07.